The highest BCUT2D eigenvalue weighted by atomic mass is 15.2. The third-order valence-electron chi connectivity index (χ3n) is 3.76. The Morgan fingerprint density at radius 1 is 1.39 bits per heavy atom. The lowest BCUT2D eigenvalue weighted by Gasteiger charge is -2.36. The molecule has 0 bridgehead atoms. The molecule has 0 fully saturated rings. The highest BCUT2D eigenvalue weighted by Crippen LogP contribution is 2.31. The van der Waals surface area contributed by atoms with Gasteiger partial charge in [0.05, 0.1) is 12.2 Å². The third kappa shape index (κ3) is 2.01. The fourth-order valence-corrected chi connectivity index (χ4v) is 2.72. The maximum absolute atomic E-state index is 4.51. The van der Waals surface area contributed by atoms with Crippen LogP contribution in [0, 0.1) is 6.92 Å². The topological polar surface area (TPSA) is 31.9 Å². The lowest BCUT2D eigenvalue weighted by Crippen LogP contribution is -2.36. The van der Waals surface area contributed by atoms with E-state index in [1.807, 2.05) is 13.1 Å². The van der Waals surface area contributed by atoms with Crippen LogP contribution in [0.1, 0.15) is 30.4 Å². The van der Waals surface area contributed by atoms with Crippen LogP contribution >= 0.6 is 0 Å². The molecule has 2 aromatic rings. The first-order chi connectivity index (χ1) is 8.74. The Kier molecular flexibility index (Phi) is 2.82. The number of aromatic amines is 1. The van der Waals surface area contributed by atoms with Gasteiger partial charge in [-0.3, -0.25) is 0 Å². The summed E-state index contributed by atoms with van der Waals surface area (Å²) >= 11 is 0. The highest BCUT2D eigenvalue weighted by molar-refractivity contribution is 5.56. The van der Waals surface area contributed by atoms with Crippen LogP contribution in [0.15, 0.2) is 30.5 Å². The molecule has 3 heteroatoms. The van der Waals surface area contributed by atoms with E-state index in [1.165, 1.54) is 24.1 Å². The van der Waals surface area contributed by atoms with Crippen molar-refractivity contribution in [2.45, 2.75) is 39.3 Å². The van der Waals surface area contributed by atoms with E-state index in [4.69, 9.17) is 0 Å². The van der Waals surface area contributed by atoms with Crippen molar-refractivity contribution in [1.29, 1.82) is 0 Å². The first kappa shape index (κ1) is 11.3. The molecule has 0 spiro atoms. The number of H-pyrrole nitrogens is 1. The molecule has 18 heavy (non-hydrogen) atoms. The fraction of sp³-hybridized carbons (Fsp3) is 0.400. The molecule has 1 N–H and O–H groups in total. The number of nitrogens with one attached hydrogen (secondary N) is 1. The minimum atomic E-state index is 0.580. The van der Waals surface area contributed by atoms with Crippen molar-refractivity contribution in [2.75, 3.05) is 4.90 Å². The van der Waals surface area contributed by atoms with Crippen LogP contribution in [0.2, 0.25) is 0 Å². The Hall–Kier alpha value is -1.77. The summed E-state index contributed by atoms with van der Waals surface area (Å²) < 4.78 is 0. The zero-order valence-electron chi connectivity index (χ0n) is 11.0. The van der Waals surface area contributed by atoms with Crippen LogP contribution < -0.4 is 4.90 Å². The first-order valence-electron chi connectivity index (χ1n) is 6.59. The molecular formula is C15H19N3. The highest BCUT2D eigenvalue weighted by Gasteiger charge is 2.23. The van der Waals surface area contributed by atoms with Crippen LogP contribution in [0.4, 0.5) is 5.69 Å². The first-order valence-corrected chi connectivity index (χ1v) is 6.59. The predicted octanol–water partition coefficient (Wildman–Crippen LogP) is 3.06. The number of hydrogen-bond acceptors (Lipinski definition) is 2. The van der Waals surface area contributed by atoms with Crippen molar-refractivity contribution in [3.05, 3.63) is 47.5 Å². The van der Waals surface area contributed by atoms with E-state index >= 15 is 0 Å². The van der Waals surface area contributed by atoms with Crippen LogP contribution in [0.25, 0.3) is 0 Å². The van der Waals surface area contributed by atoms with Gasteiger partial charge in [-0.25, -0.2) is 4.98 Å². The van der Waals surface area contributed by atoms with E-state index in [0.717, 1.165) is 18.1 Å². The summed E-state index contributed by atoms with van der Waals surface area (Å²) in [5.41, 5.74) is 3.95. The van der Waals surface area contributed by atoms with Crippen molar-refractivity contribution in [3.8, 4) is 0 Å². The smallest absolute Gasteiger partial charge is 0.103 e. The van der Waals surface area contributed by atoms with Crippen molar-refractivity contribution in [3.63, 3.8) is 0 Å². The van der Waals surface area contributed by atoms with Gasteiger partial charge in [0.2, 0.25) is 0 Å². The second-order valence-electron chi connectivity index (χ2n) is 5.12. The molecule has 1 aliphatic rings. The summed E-state index contributed by atoms with van der Waals surface area (Å²) in [5.74, 6) is 0.989. The molecule has 94 valence electrons. The lowest BCUT2D eigenvalue weighted by molar-refractivity contribution is 0.557. The number of para-hydroxylation sites is 1. The SMILES string of the molecule is Cc1nc(CN2c3ccccc3CCC2C)c[nH]1. The van der Waals surface area contributed by atoms with Gasteiger partial charge >= 0.3 is 0 Å². The van der Waals surface area contributed by atoms with Crippen LogP contribution in [0.3, 0.4) is 0 Å². The Labute approximate surface area is 108 Å². The number of aryl methyl sites for hydroxylation is 2. The number of nitrogens with zero attached hydrogens (tertiary/aromatic N) is 2. The van der Waals surface area contributed by atoms with Crippen molar-refractivity contribution in [2.24, 2.45) is 0 Å². The van der Waals surface area contributed by atoms with Crippen molar-refractivity contribution in [1.82, 2.24) is 9.97 Å². The summed E-state index contributed by atoms with van der Waals surface area (Å²) in [6.45, 7) is 5.19. The second-order valence-corrected chi connectivity index (χ2v) is 5.12. The van der Waals surface area contributed by atoms with Gasteiger partial charge in [0.1, 0.15) is 5.82 Å². The molecule has 0 aliphatic carbocycles. The number of hydrogen-bond donors (Lipinski definition) is 1. The van der Waals surface area contributed by atoms with Crippen molar-refractivity contribution < 1.29 is 0 Å². The van der Waals surface area contributed by atoms with Crippen LogP contribution in [-0.2, 0) is 13.0 Å². The molecule has 1 aliphatic heterocycles. The molecule has 1 aromatic carbocycles. The second kappa shape index (κ2) is 4.48. The number of fused-ring (bicyclic) bond motifs is 1. The van der Waals surface area contributed by atoms with Crippen molar-refractivity contribution >= 4 is 5.69 Å². The molecular weight excluding hydrogens is 222 g/mol. The van der Waals surface area contributed by atoms with E-state index in [1.54, 1.807) is 0 Å². The molecule has 0 radical (unpaired) electrons. The number of imidazole rings is 1. The summed E-state index contributed by atoms with van der Waals surface area (Å²) in [4.78, 5) is 10.1. The molecule has 3 nitrogen and oxygen atoms in total. The third-order valence-corrected chi connectivity index (χ3v) is 3.76. The van der Waals surface area contributed by atoms with Gasteiger partial charge in [-0.15, -0.1) is 0 Å². The Morgan fingerprint density at radius 2 is 2.22 bits per heavy atom. The zero-order valence-corrected chi connectivity index (χ0v) is 11.0. The van der Waals surface area contributed by atoms with Crippen LogP contribution in [0.5, 0.6) is 0 Å². The normalized spacial score (nSPS) is 18.8. The predicted molar refractivity (Wildman–Crippen MR) is 73.7 cm³/mol. The number of rotatable bonds is 2. The van der Waals surface area contributed by atoms with E-state index in [2.05, 4.69) is 46.1 Å². The molecule has 1 aromatic heterocycles. The monoisotopic (exact) mass is 241 g/mol. The fourth-order valence-electron chi connectivity index (χ4n) is 2.72. The van der Waals surface area contributed by atoms with E-state index < -0.39 is 0 Å². The summed E-state index contributed by atoms with van der Waals surface area (Å²) in [6, 6.07) is 9.30. The lowest BCUT2D eigenvalue weighted by atomic mass is 9.96. The minimum absolute atomic E-state index is 0.580. The Bertz CT molecular complexity index is 544. The van der Waals surface area contributed by atoms with Gasteiger partial charge in [0.15, 0.2) is 0 Å². The average Bonchev–Trinajstić information content (AvgIpc) is 2.79. The van der Waals surface area contributed by atoms with Gasteiger partial charge in [-0.05, 0) is 38.3 Å². The molecule has 1 atom stereocenters. The molecule has 0 saturated carbocycles. The molecule has 3 rings (SSSR count). The van der Waals surface area contributed by atoms with Gasteiger partial charge in [-0.2, -0.15) is 0 Å². The molecule has 0 amide bonds. The summed E-state index contributed by atoms with van der Waals surface area (Å²) in [5, 5.41) is 0. The number of aromatic nitrogens is 2. The largest absolute Gasteiger partial charge is 0.363 e. The summed E-state index contributed by atoms with van der Waals surface area (Å²) in [6.07, 6.45) is 4.42. The van der Waals surface area contributed by atoms with E-state index in [0.29, 0.717) is 6.04 Å². The maximum atomic E-state index is 4.51. The average molecular weight is 241 g/mol. The van der Waals surface area contributed by atoms with Crippen LogP contribution in [-0.4, -0.2) is 16.0 Å². The molecule has 1 unspecified atom stereocenters. The molecule has 0 saturated heterocycles. The number of benzene rings is 1. The Balaban J connectivity index is 1.91. The van der Waals surface area contributed by atoms with Gasteiger partial charge in [-0.1, -0.05) is 18.2 Å². The van der Waals surface area contributed by atoms with Gasteiger partial charge < -0.3 is 9.88 Å². The van der Waals surface area contributed by atoms with Gasteiger partial charge in [0, 0.05) is 17.9 Å². The van der Waals surface area contributed by atoms with E-state index in [-0.39, 0.29) is 0 Å². The maximum Gasteiger partial charge on any atom is 0.103 e. The van der Waals surface area contributed by atoms with Gasteiger partial charge in [0.25, 0.3) is 0 Å². The van der Waals surface area contributed by atoms with E-state index in [9.17, 15) is 0 Å². The molecule has 2 heterocycles. The summed E-state index contributed by atoms with van der Waals surface area (Å²) in [7, 11) is 0. The Morgan fingerprint density at radius 3 is 3.00 bits per heavy atom. The number of anilines is 1. The zero-order chi connectivity index (χ0) is 12.5. The minimum Gasteiger partial charge on any atom is -0.363 e. The standard InChI is InChI=1S/C15H19N3/c1-11-7-8-13-5-3-4-6-15(13)18(11)10-14-9-16-12(2)17-14/h3-6,9,11H,7-8,10H2,1-2H3,(H,16,17). The quantitative estimate of drug-likeness (QED) is 0.876.